The number of urea groups is 1. The Hall–Kier alpha value is -2.86. The Morgan fingerprint density at radius 1 is 1.11 bits per heavy atom. The molecule has 1 aliphatic heterocycles. The fraction of sp³-hybridized carbons (Fsp3) is 0.286. The van der Waals surface area contributed by atoms with Crippen molar-refractivity contribution in [3.05, 3.63) is 64.7 Å². The van der Waals surface area contributed by atoms with Gasteiger partial charge in [0.2, 0.25) is 5.91 Å². The topological polar surface area (TPSA) is 78.5 Å². The van der Waals surface area contributed by atoms with E-state index in [0.29, 0.717) is 17.1 Å². The Morgan fingerprint density at radius 3 is 2.64 bits per heavy atom. The average Bonchev–Trinajstić information content (AvgIpc) is 2.83. The molecule has 1 heterocycles. The molecule has 2 aliphatic rings. The van der Waals surface area contributed by atoms with Crippen LogP contribution in [0.25, 0.3) is 0 Å². The van der Waals surface area contributed by atoms with Gasteiger partial charge in [-0.2, -0.15) is 0 Å². The first-order valence-electron chi connectivity index (χ1n) is 9.27. The van der Waals surface area contributed by atoms with Crippen molar-refractivity contribution in [2.75, 3.05) is 11.9 Å². The van der Waals surface area contributed by atoms with Gasteiger partial charge in [0.1, 0.15) is 12.1 Å². The molecule has 6 nitrogen and oxygen atoms in total. The number of imide groups is 1. The quantitative estimate of drug-likeness (QED) is 0.778. The molecule has 2 aromatic carbocycles. The number of halogens is 1. The molecule has 1 atom stereocenters. The predicted molar refractivity (Wildman–Crippen MR) is 106 cm³/mol. The number of amides is 4. The van der Waals surface area contributed by atoms with Crippen LogP contribution in [0, 0.1) is 0 Å². The third-order valence-corrected chi connectivity index (χ3v) is 5.58. The Morgan fingerprint density at radius 2 is 1.86 bits per heavy atom. The highest BCUT2D eigenvalue weighted by atomic mass is 35.5. The van der Waals surface area contributed by atoms with E-state index >= 15 is 0 Å². The van der Waals surface area contributed by atoms with Crippen LogP contribution in [0.2, 0.25) is 5.02 Å². The van der Waals surface area contributed by atoms with Gasteiger partial charge in [-0.15, -0.1) is 0 Å². The van der Waals surface area contributed by atoms with Crippen molar-refractivity contribution in [1.82, 2.24) is 10.2 Å². The molecule has 4 amide bonds. The molecule has 0 aromatic heterocycles. The summed E-state index contributed by atoms with van der Waals surface area (Å²) in [7, 11) is 0. The number of nitrogens with one attached hydrogen (secondary N) is 2. The lowest BCUT2D eigenvalue weighted by atomic mass is 9.84. The van der Waals surface area contributed by atoms with Gasteiger partial charge in [-0.25, -0.2) is 4.79 Å². The number of hydrogen-bond acceptors (Lipinski definition) is 3. The summed E-state index contributed by atoms with van der Waals surface area (Å²) in [5.41, 5.74) is 1.38. The van der Waals surface area contributed by atoms with E-state index in [9.17, 15) is 14.4 Å². The van der Waals surface area contributed by atoms with E-state index in [2.05, 4.69) is 10.6 Å². The molecular weight excluding hydrogens is 378 g/mol. The summed E-state index contributed by atoms with van der Waals surface area (Å²) in [6.45, 7) is -0.336. The van der Waals surface area contributed by atoms with Gasteiger partial charge >= 0.3 is 6.03 Å². The molecule has 0 bridgehead atoms. The molecule has 0 radical (unpaired) electrons. The maximum Gasteiger partial charge on any atom is 0.325 e. The van der Waals surface area contributed by atoms with Gasteiger partial charge in [-0.3, -0.25) is 14.5 Å². The van der Waals surface area contributed by atoms with Crippen molar-refractivity contribution in [3.63, 3.8) is 0 Å². The van der Waals surface area contributed by atoms with E-state index in [1.54, 1.807) is 24.3 Å². The SMILES string of the molecule is O=C(CN1C(=O)NC2(CCCCc3ccccc32)C1=O)Nc1ccc(Cl)cc1. The molecule has 7 heteroatoms. The zero-order valence-electron chi connectivity index (χ0n) is 15.2. The number of hydrogen-bond donors (Lipinski definition) is 2. The summed E-state index contributed by atoms with van der Waals surface area (Å²) in [6, 6.07) is 13.8. The summed E-state index contributed by atoms with van der Waals surface area (Å²) in [5.74, 6) is -0.803. The van der Waals surface area contributed by atoms with Gasteiger partial charge in [0.05, 0.1) is 0 Å². The zero-order chi connectivity index (χ0) is 19.7. The van der Waals surface area contributed by atoms with Crippen LogP contribution in [0.5, 0.6) is 0 Å². The van der Waals surface area contributed by atoms with Crippen molar-refractivity contribution < 1.29 is 14.4 Å². The van der Waals surface area contributed by atoms with Crippen LogP contribution in [0.1, 0.15) is 30.4 Å². The molecule has 144 valence electrons. The molecule has 4 rings (SSSR count). The van der Waals surface area contributed by atoms with Crippen molar-refractivity contribution in [2.45, 2.75) is 31.2 Å². The van der Waals surface area contributed by atoms with E-state index in [1.807, 2.05) is 24.3 Å². The minimum Gasteiger partial charge on any atom is -0.325 e. The number of aryl methyl sites for hydroxylation is 1. The van der Waals surface area contributed by atoms with Crippen LogP contribution >= 0.6 is 11.6 Å². The standard InChI is InChI=1S/C21H20ClN3O3/c22-15-8-10-16(11-9-15)23-18(26)13-25-19(27)21(24-20(25)28)12-4-3-6-14-5-1-2-7-17(14)21/h1-2,5,7-11H,3-4,6,12-13H2,(H,23,26)(H,24,28). The number of benzene rings is 2. The Bertz CT molecular complexity index is 944. The Balaban J connectivity index is 1.56. The lowest BCUT2D eigenvalue weighted by Crippen LogP contribution is -2.44. The fourth-order valence-electron chi connectivity index (χ4n) is 3.99. The van der Waals surface area contributed by atoms with Crippen LogP contribution < -0.4 is 10.6 Å². The van der Waals surface area contributed by atoms with Crippen LogP contribution in [0.4, 0.5) is 10.5 Å². The number of rotatable bonds is 3. The van der Waals surface area contributed by atoms with Crippen molar-refractivity contribution in [2.24, 2.45) is 0 Å². The van der Waals surface area contributed by atoms with E-state index in [1.165, 1.54) is 0 Å². The molecular formula is C21H20ClN3O3. The van der Waals surface area contributed by atoms with E-state index in [0.717, 1.165) is 35.3 Å². The third kappa shape index (κ3) is 3.24. The molecule has 1 spiro atoms. The summed E-state index contributed by atoms with van der Waals surface area (Å²) in [6.07, 6.45) is 3.19. The molecule has 0 saturated carbocycles. The summed E-state index contributed by atoms with van der Waals surface area (Å²) in [5, 5.41) is 6.13. The normalized spacial score (nSPS) is 21.2. The van der Waals surface area contributed by atoms with Crippen molar-refractivity contribution >= 4 is 35.1 Å². The van der Waals surface area contributed by atoms with Crippen LogP contribution in [0.3, 0.4) is 0 Å². The first-order chi connectivity index (χ1) is 13.5. The molecule has 1 fully saturated rings. The maximum atomic E-state index is 13.3. The lowest BCUT2D eigenvalue weighted by molar-refractivity contribution is -0.134. The van der Waals surface area contributed by atoms with Gasteiger partial charge in [0.25, 0.3) is 5.91 Å². The second-order valence-corrected chi connectivity index (χ2v) is 7.58. The van der Waals surface area contributed by atoms with Gasteiger partial charge in [0.15, 0.2) is 0 Å². The molecule has 28 heavy (non-hydrogen) atoms. The smallest absolute Gasteiger partial charge is 0.325 e. The lowest BCUT2D eigenvalue weighted by Gasteiger charge is -2.27. The minimum atomic E-state index is -1.08. The van der Waals surface area contributed by atoms with E-state index < -0.39 is 17.5 Å². The second-order valence-electron chi connectivity index (χ2n) is 7.15. The van der Waals surface area contributed by atoms with E-state index in [-0.39, 0.29) is 12.5 Å². The van der Waals surface area contributed by atoms with Crippen LogP contribution in [-0.4, -0.2) is 29.3 Å². The zero-order valence-corrected chi connectivity index (χ0v) is 16.0. The van der Waals surface area contributed by atoms with Crippen molar-refractivity contribution in [3.8, 4) is 0 Å². The molecule has 2 aromatic rings. The molecule has 2 N–H and O–H groups in total. The maximum absolute atomic E-state index is 13.3. The third-order valence-electron chi connectivity index (χ3n) is 5.33. The molecule has 1 aliphatic carbocycles. The highest BCUT2D eigenvalue weighted by Crippen LogP contribution is 2.38. The van der Waals surface area contributed by atoms with Crippen LogP contribution in [-0.2, 0) is 21.5 Å². The Labute approximate surface area is 167 Å². The van der Waals surface area contributed by atoms with Gasteiger partial charge < -0.3 is 10.6 Å². The van der Waals surface area contributed by atoms with Gasteiger partial charge in [-0.1, -0.05) is 35.9 Å². The first-order valence-corrected chi connectivity index (χ1v) is 9.65. The first kappa shape index (κ1) is 18.5. The van der Waals surface area contributed by atoms with Gasteiger partial charge in [0, 0.05) is 10.7 Å². The summed E-state index contributed by atoms with van der Waals surface area (Å²) in [4.78, 5) is 39.3. The van der Waals surface area contributed by atoms with Crippen LogP contribution in [0.15, 0.2) is 48.5 Å². The number of carbonyl (C=O) groups excluding carboxylic acids is 3. The predicted octanol–water partition coefficient (Wildman–Crippen LogP) is 3.45. The fourth-order valence-corrected chi connectivity index (χ4v) is 4.12. The van der Waals surface area contributed by atoms with E-state index in [4.69, 9.17) is 11.6 Å². The highest BCUT2D eigenvalue weighted by Gasteiger charge is 2.53. The average molecular weight is 398 g/mol. The number of nitrogens with zero attached hydrogens (tertiary/aromatic N) is 1. The monoisotopic (exact) mass is 397 g/mol. The number of anilines is 1. The second kappa shape index (κ2) is 7.28. The largest absolute Gasteiger partial charge is 0.325 e. The summed E-state index contributed by atoms with van der Waals surface area (Å²) >= 11 is 5.84. The highest BCUT2D eigenvalue weighted by molar-refractivity contribution is 6.30. The number of fused-ring (bicyclic) bond motifs is 2. The van der Waals surface area contributed by atoms with Gasteiger partial charge in [-0.05, 0) is 61.1 Å². The minimum absolute atomic E-state index is 0.336. The summed E-state index contributed by atoms with van der Waals surface area (Å²) < 4.78 is 0. The number of carbonyl (C=O) groups is 3. The molecule has 1 saturated heterocycles. The Kier molecular flexibility index (Phi) is 4.81. The van der Waals surface area contributed by atoms with Crippen molar-refractivity contribution in [1.29, 1.82) is 0 Å². The molecule has 1 unspecified atom stereocenters.